The average molecular weight is 396 g/mol. The van der Waals surface area contributed by atoms with Gasteiger partial charge in [-0.3, -0.25) is 4.79 Å². The first-order valence-electron chi connectivity index (χ1n) is 7.84. The number of amides is 1. The standard InChI is InChI=1S/C18H19Cl2N3OS/c1-3-17(24)22-8-10-23(11-9-22)18(25)21-13(2)4-5-14-6-7-15(19)16(20)12-14/h3,6-7,12-13H,1,8-11H2,2H3,(H,21,25). The summed E-state index contributed by atoms with van der Waals surface area (Å²) in [5, 5.41) is 4.84. The second-order valence-corrected chi connectivity index (χ2v) is 6.79. The second-order valence-electron chi connectivity index (χ2n) is 5.59. The molecule has 1 N–H and O–H groups in total. The summed E-state index contributed by atoms with van der Waals surface area (Å²) < 4.78 is 0. The molecule has 1 aromatic carbocycles. The molecule has 0 radical (unpaired) electrons. The van der Waals surface area contributed by atoms with Gasteiger partial charge < -0.3 is 15.1 Å². The van der Waals surface area contributed by atoms with Gasteiger partial charge in [0.05, 0.1) is 16.1 Å². The van der Waals surface area contributed by atoms with Crippen LogP contribution in [0.25, 0.3) is 0 Å². The molecule has 1 atom stereocenters. The summed E-state index contributed by atoms with van der Waals surface area (Å²) in [4.78, 5) is 15.4. The number of rotatable bonds is 2. The third-order valence-corrected chi connectivity index (χ3v) is 4.86. The van der Waals surface area contributed by atoms with Crippen LogP contribution >= 0.6 is 35.4 Å². The van der Waals surface area contributed by atoms with Gasteiger partial charge in [-0.2, -0.15) is 0 Å². The van der Waals surface area contributed by atoms with Crippen LogP contribution < -0.4 is 5.32 Å². The Morgan fingerprint density at radius 1 is 1.28 bits per heavy atom. The van der Waals surface area contributed by atoms with Crippen LogP contribution in [0.1, 0.15) is 12.5 Å². The maximum Gasteiger partial charge on any atom is 0.246 e. The van der Waals surface area contributed by atoms with Crippen LogP contribution in [0.4, 0.5) is 0 Å². The number of nitrogens with one attached hydrogen (secondary N) is 1. The van der Waals surface area contributed by atoms with Gasteiger partial charge in [0.25, 0.3) is 0 Å². The summed E-state index contributed by atoms with van der Waals surface area (Å²) in [6.45, 7) is 8.11. The van der Waals surface area contributed by atoms with Gasteiger partial charge in [-0.25, -0.2) is 0 Å². The van der Waals surface area contributed by atoms with Crippen molar-refractivity contribution < 1.29 is 4.79 Å². The minimum atomic E-state index is -0.116. The van der Waals surface area contributed by atoms with Gasteiger partial charge >= 0.3 is 0 Å². The van der Waals surface area contributed by atoms with Crippen LogP contribution in [0.2, 0.25) is 10.0 Å². The molecule has 0 aliphatic carbocycles. The van der Waals surface area contributed by atoms with Gasteiger partial charge in [0.2, 0.25) is 5.91 Å². The highest BCUT2D eigenvalue weighted by atomic mass is 35.5. The van der Waals surface area contributed by atoms with Crippen LogP contribution in [-0.4, -0.2) is 53.0 Å². The van der Waals surface area contributed by atoms with Crippen molar-refractivity contribution in [3.8, 4) is 11.8 Å². The van der Waals surface area contributed by atoms with Gasteiger partial charge in [0.15, 0.2) is 5.11 Å². The number of hydrogen-bond donors (Lipinski definition) is 1. The first kappa shape index (κ1) is 19.6. The van der Waals surface area contributed by atoms with E-state index < -0.39 is 0 Å². The van der Waals surface area contributed by atoms with Gasteiger partial charge in [-0.05, 0) is 43.4 Å². The number of carbonyl (C=O) groups excluding carboxylic acids is 1. The molecule has 7 heteroatoms. The van der Waals surface area contributed by atoms with Crippen LogP contribution in [0.3, 0.4) is 0 Å². The smallest absolute Gasteiger partial charge is 0.246 e. The zero-order valence-corrected chi connectivity index (χ0v) is 16.2. The predicted molar refractivity (Wildman–Crippen MR) is 107 cm³/mol. The fourth-order valence-electron chi connectivity index (χ4n) is 2.34. The lowest BCUT2D eigenvalue weighted by molar-refractivity contribution is -0.127. The minimum absolute atomic E-state index is 0.0422. The SMILES string of the molecule is C=CC(=O)N1CCN(C(=S)NC(C)C#Cc2ccc(Cl)c(Cl)c2)CC1. The highest BCUT2D eigenvalue weighted by molar-refractivity contribution is 7.80. The van der Waals surface area contributed by atoms with Gasteiger partial charge in [-0.15, -0.1) is 0 Å². The first-order valence-corrected chi connectivity index (χ1v) is 9.00. The lowest BCUT2D eigenvalue weighted by Gasteiger charge is -2.36. The first-order chi connectivity index (χ1) is 11.9. The number of piperazine rings is 1. The summed E-state index contributed by atoms with van der Waals surface area (Å²) in [6, 6.07) is 5.16. The molecule has 1 unspecified atom stereocenters. The molecule has 2 rings (SSSR count). The quantitative estimate of drug-likeness (QED) is 0.474. The average Bonchev–Trinajstić information content (AvgIpc) is 2.62. The molecule has 1 aliphatic rings. The lowest BCUT2D eigenvalue weighted by atomic mass is 10.2. The Bertz CT molecular complexity index is 734. The predicted octanol–water partition coefficient (Wildman–Crippen LogP) is 2.94. The molecular weight excluding hydrogens is 377 g/mol. The molecule has 1 heterocycles. The Balaban J connectivity index is 1.87. The third-order valence-electron chi connectivity index (χ3n) is 3.75. The number of benzene rings is 1. The Kier molecular flexibility index (Phi) is 7.12. The van der Waals surface area contributed by atoms with Crippen LogP contribution in [0, 0.1) is 11.8 Å². The Labute approximate surface area is 163 Å². The number of nitrogens with zero attached hydrogens (tertiary/aromatic N) is 2. The van der Waals surface area contributed by atoms with Crippen LogP contribution in [-0.2, 0) is 4.79 Å². The fourth-order valence-corrected chi connectivity index (χ4v) is 2.99. The fraction of sp³-hybridized carbons (Fsp3) is 0.333. The Hall–Kier alpha value is -1.74. The van der Waals surface area contributed by atoms with E-state index in [0.29, 0.717) is 41.3 Å². The van der Waals surface area contributed by atoms with Crippen molar-refractivity contribution in [2.45, 2.75) is 13.0 Å². The normalized spacial score (nSPS) is 15.0. The lowest BCUT2D eigenvalue weighted by Crippen LogP contribution is -2.53. The topological polar surface area (TPSA) is 35.6 Å². The molecule has 1 fully saturated rings. The molecule has 0 bridgehead atoms. The molecule has 132 valence electrons. The van der Waals surface area contributed by atoms with Crippen molar-refractivity contribution in [2.24, 2.45) is 0 Å². The minimum Gasteiger partial charge on any atom is -0.349 e. The number of hydrogen-bond acceptors (Lipinski definition) is 2. The van der Waals surface area contributed by atoms with Crippen LogP contribution in [0.15, 0.2) is 30.9 Å². The van der Waals surface area contributed by atoms with Crippen molar-refractivity contribution in [1.29, 1.82) is 0 Å². The van der Waals surface area contributed by atoms with Gasteiger partial charge in [0, 0.05) is 31.7 Å². The van der Waals surface area contributed by atoms with E-state index in [-0.39, 0.29) is 11.9 Å². The Morgan fingerprint density at radius 3 is 2.52 bits per heavy atom. The van der Waals surface area contributed by atoms with Crippen molar-refractivity contribution in [2.75, 3.05) is 26.2 Å². The van der Waals surface area contributed by atoms with E-state index in [2.05, 4.69) is 23.7 Å². The third kappa shape index (κ3) is 5.64. The van der Waals surface area contributed by atoms with Gasteiger partial charge in [-0.1, -0.05) is 41.6 Å². The summed E-state index contributed by atoms with van der Waals surface area (Å²) >= 11 is 17.3. The van der Waals surface area contributed by atoms with Crippen molar-refractivity contribution >= 4 is 46.4 Å². The molecule has 4 nitrogen and oxygen atoms in total. The van der Waals surface area contributed by atoms with E-state index in [1.54, 1.807) is 17.0 Å². The van der Waals surface area contributed by atoms with E-state index in [4.69, 9.17) is 35.4 Å². The largest absolute Gasteiger partial charge is 0.349 e. The van der Waals surface area contributed by atoms with Crippen molar-refractivity contribution in [1.82, 2.24) is 15.1 Å². The van der Waals surface area contributed by atoms with E-state index >= 15 is 0 Å². The van der Waals surface area contributed by atoms with Gasteiger partial charge in [0.1, 0.15) is 0 Å². The van der Waals surface area contributed by atoms with Crippen molar-refractivity contribution in [3.63, 3.8) is 0 Å². The number of thiocarbonyl (C=S) groups is 1. The summed E-state index contributed by atoms with van der Waals surface area (Å²) in [7, 11) is 0. The molecule has 1 aromatic rings. The zero-order chi connectivity index (χ0) is 18.4. The van der Waals surface area contributed by atoms with E-state index in [9.17, 15) is 4.79 Å². The second kappa shape index (κ2) is 9.10. The van der Waals surface area contributed by atoms with E-state index in [1.807, 2.05) is 17.9 Å². The summed E-state index contributed by atoms with van der Waals surface area (Å²) in [5.74, 6) is 6.11. The highest BCUT2D eigenvalue weighted by Gasteiger charge is 2.21. The molecule has 1 aliphatic heterocycles. The molecule has 1 saturated heterocycles. The van der Waals surface area contributed by atoms with E-state index in [1.165, 1.54) is 6.08 Å². The zero-order valence-electron chi connectivity index (χ0n) is 13.9. The Morgan fingerprint density at radius 2 is 1.92 bits per heavy atom. The summed E-state index contributed by atoms with van der Waals surface area (Å²) in [5.41, 5.74) is 0.797. The molecule has 0 spiro atoms. The molecule has 0 saturated carbocycles. The molecule has 0 aromatic heterocycles. The van der Waals surface area contributed by atoms with E-state index in [0.717, 1.165) is 5.56 Å². The summed E-state index contributed by atoms with van der Waals surface area (Å²) in [6.07, 6.45) is 1.34. The number of carbonyl (C=O) groups is 1. The molecule has 25 heavy (non-hydrogen) atoms. The molecular formula is C18H19Cl2N3OS. The van der Waals surface area contributed by atoms with Crippen LogP contribution in [0.5, 0.6) is 0 Å². The maximum atomic E-state index is 11.6. The monoisotopic (exact) mass is 395 g/mol. The maximum absolute atomic E-state index is 11.6. The highest BCUT2D eigenvalue weighted by Crippen LogP contribution is 2.22. The number of halogens is 2. The van der Waals surface area contributed by atoms with Crippen molar-refractivity contribution in [3.05, 3.63) is 46.5 Å². The molecule has 1 amide bonds.